The van der Waals surface area contributed by atoms with Crippen LogP contribution in [0.2, 0.25) is 5.02 Å². The predicted octanol–water partition coefficient (Wildman–Crippen LogP) is 3.51. The molecule has 2 aromatic heterocycles. The standard InChI is InChI=1S/C14H10ClFN4/c15-10-7-8(16)1-2-9(10)11-3-4-12(19-11)13-5-6-18-14(17)20-13/h1-7,19H,(H2,17,18,20). The van der Waals surface area contributed by atoms with Crippen LogP contribution in [0.3, 0.4) is 0 Å². The molecule has 0 fully saturated rings. The summed E-state index contributed by atoms with van der Waals surface area (Å²) in [6, 6.07) is 9.73. The van der Waals surface area contributed by atoms with E-state index in [4.69, 9.17) is 17.3 Å². The van der Waals surface area contributed by atoms with Crippen molar-refractivity contribution in [2.45, 2.75) is 0 Å². The van der Waals surface area contributed by atoms with Crippen molar-refractivity contribution >= 4 is 17.5 Å². The van der Waals surface area contributed by atoms with Gasteiger partial charge in [0, 0.05) is 17.5 Å². The van der Waals surface area contributed by atoms with E-state index in [2.05, 4.69) is 15.0 Å². The molecule has 4 nitrogen and oxygen atoms in total. The number of H-pyrrole nitrogens is 1. The van der Waals surface area contributed by atoms with Crippen LogP contribution >= 0.6 is 11.6 Å². The third-order valence-electron chi connectivity index (χ3n) is 2.86. The molecule has 6 heteroatoms. The molecule has 100 valence electrons. The number of halogens is 2. The van der Waals surface area contributed by atoms with Crippen molar-refractivity contribution in [3.63, 3.8) is 0 Å². The van der Waals surface area contributed by atoms with Crippen molar-refractivity contribution in [2.24, 2.45) is 0 Å². The minimum absolute atomic E-state index is 0.207. The summed E-state index contributed by atoms with van der Waals surface area (Å²) in [4.78, 5) is 11.2. The van der Waals surface area contributed by atoms with E-state index in [1.807, 2.05) is 12.1 Å². The normalized spacial score (nSPS) is 10.7. The predicted molar refractivity (Wildman–Crippen MR) is 76.6 cm³/mol. The molecular weight excluding hydrogens is 279 g/mol. The summed E-state index contributed by atoms with van der Waals surface area (Å²) in [7, 11) is 0. The molecular formula is C14H10ClFN4. The summed E-state index contributed by atoms with van der Waals surface area (Å²) >= 11 is 6.04. The van der Waals surface area contributed by atoms with E-state index in [1.165, 1.54) is 12.1 Å². The molecule has 20 heavy (non-hydrogen) atoms. The number of hydrogen-bond acceptors (Lipinski definition) is 3. The van der Waals surface area contributed by atoms with Gasteiger partial charge in [-0.3, -0.25) is 0 Å². The second-order valence-electron chi connectivity index (χ2n) is 4.21. The fourth-order valence-electron chi connectivity index (χ4n) is 1.93. The Kier molecular flexibility index (Phi) is 3.12. The number of aromatic amines is 1. The number of benzene rings is 1. The Bertz CT molecular complexity index is 769. The van der Waals surface area contributed by atoms with Crippen molar-refractivity contribution in [3.05, 3.63) is 53.4 Å². The molecule has 0 radical (unpaired) electrons. The van der Waals surface area contributed by atoms with Crippen LogP contribution in [0.4, 0.5) is 10.3 Å². The summed E-state index contributed by atoms with van der Waals surface area (Å²) in [6.45, 7) is 0. The lowest BCUT2D eigenvalue weighted by atomic mass is 10.1. The van der Waals surface area contributed by atoms with Gasteiger partial charge in [-0.25, -0.2) is 14.4 Å². The summed E-state index contributed by atoms with van der Waals surface area (Å²) in [5, 5.41) is 0.348. The van der Waals surface area contributed by atoms with Gasteiger partial charge in [0.1, 0.15) is 5.82 Å². The SMILES string of the molecule is Nc1nccc(-c2ccc(-c3ccc(F)cc3Cl)[nH]2)n1. The number of aromatic nitrogens is 3. The molecule has 3 N–H and O–H groups in total. The first-order chi connectivity index (χ1) is 9.63. The zero-order valence-electron chi connectivity index (χ0n) is 10.3. The van der Waals surface area contributed by atoms with Crippen LogP contribution in [0.25, 0.3) is 22.6 Å². The molecule has 0 unspecified atom stereocenters. The Hall–Kier alpha value is -2.40. The second kappa shape index (κ2) is 4.94. The minimum atomic E-state index is -0.367. The highest BCUT2D eigenvalue weighted by Crippen LogP contribution is 2.29. The molecule has 0 saturated heterocycles. The number of nitrogens with zero attached hydrogens (tertiary/aromatic N) is 2. The lowest BCUT2D eigenvalue weighted by Gasteiger charge is -2.02. The highest BCUT2D eigenvalue weighted by atomic mass is 35.5. The molecule has 0 aliphatic heterocycles. The van der Waals surface area contributed by atoms with Crippen molar-refractivity contribution in [1.82, 2.24) is 15.0 Å². The summed E-state index contributed by atoms with van der Waals surface area (Å²) in [6.07, 6.45) is 1.59. The monoisotopic (exact) mass is 288 g/mol. The lowest BCUT2D eigenvalue weighted by molar-refractivity contribution is 0.628. The third-order valence-corrected chi connectivity index (χ3v) is 3.17. The maximum absolute atomic E-state index is 13.1. The van der Waals surface area contributed by atoms with Gasteiger partial charge >= 0.3 is 0 Å². The largest absolute Gasteiger partial charge is 0.368 e. The topological polar surface area (TPSA) is 67.6 Å². The van der Waals surface area contributed by atoms with Crippen molar-refractivity contribution in [1.29, 1.82) is 0 Å². The average Bonchev–Trinajstić information content (AvgIpc) is 2.88. The minimum Gasteiger partial charge on any atom is -0.368 e. The van der Waals surface area contributed by atoms with Gasteiger partial charge in [0.25, 0.3) is 0 Å². The summed E-state index contributed by atoms with van der Waals surface area (Å²) in [5.74, 6) is -0.160. The van der Waals surface area contributed by atoms with Crippen LogP contribution < -0.4 is 5.73 Å². The molecule has 2 heterocycles. The number of nitrogen functional groups attached to an aromatic ring is 1. The molecule has 0 spiro atoms. The molecule has 3 rings (SSSR count). The van der Waals surface area contributed by atoms with E-state index in [0.717, 1.165) is 17.0 Å². The summed E-state index contributed by atoms with van der Waals surface area (Å²) in [5.41, 5.74) is 8.53. The van der Waals surface area contributed by atoms with Crippen LogP contribution in [0.5, 0.6) is 0 Å². The quantitative estimate of drug-likeness (QED) is 0.758. The van der Waals surface area contributed by atoms with Gasteiger partial charge in [0.05, 0.1) is 16.4 Å². The van der Waals surface area contributed by atoms with Gasteiger partial charge < -0.3 is 10.7 Å². The van der Waals surface area contributed by atoms with E-state index >= 15 is 0 Å². The average molecular weight is 289 g/mol. The Balaban J connectivity index is 2.02. The Morgan fingerprint density at radius 1 is 1.10 bits per heavy atom. The number of anilines is 1. The second-order valence-corrected chi connectivity index (χ2v) is 4.62. The fourth-order valence-corrected chi connectivity index (χ4v) is 2.20. The molecule has 1 aromatic carbocycles. The van der Waals surface area contributed by atoms with E-state index in [1.54, 1.807) is 18.3 Å². The molecule has 0 aliphatic carbocycles. The molecule has 0 aliphatic rings. The van der Waals surface area contributed by atoms with Gasteiger partial charge in [-0.15, -0.1) is 0 Å². The van der Waals surface area contributed by atoms with E-state index in [0.29, 0.717) is 10.7 Å². The highest BCUT2D eigenvalue weighted by molar-refractivity contribution is 6.33. The summed E-state index contributed by atoms with van der Waals surface area (Å²) < 4.78 is 13.1. The Labute approximate surface area is 119 Å². The van der Waals surface area contributed by atoms with E-state index in [-0.39, 0.29) is 11.8 Å². The molecule has 0 atom stereocenters. The zero-order chi connectivity index (χ0) is 14.1. The smallest absolute Gasteiger partial charge is 0.220 e. The van der Waals surface area contributed by atoms with E-state index in [9.17, 15) is 4.39 Å². The van der Waals surface area contributed by atoms with Crippen LogP contribution in [-0.2, 0) is 0 Å². The lowest BCUT2D eigenvalue weighted by Crippen LogP contribution is -1.95. The Morgan fingerprint density at radius 2 is 1.90 bits per heavy atom. The first-order valence-electron chi connectivity index (χ1n) is 5.87. The molecule has 0 saturated carbocycles. The number of hydrogen-bond donors (Lipinski definition) is 2. The first-order valence-corrected chi connectivity index (χ1v) is 6.24. The number of rotatable bonds is 2. The third kappa shape index (κ3) is 2.35. The Morgan fingerprint density at radius 3 is 2.65 bits per heavy atom. The van der Waals surface area contributed by atoms with Crippen molar-refractivity contribution < 1.29 is 4.39 Å². The number of nitrogens with two attached hydrogens (primary N) is 1. The van der Waals surface area contributed by atoms with Crippen LogP contribution in [-0.4, -0.2) is 15.0 Å². The maximum Gasteiger partial charge on any atom is 0.220 e. The highest BCUT2D eigenvalue weighted by Gasteiger charge is 2.09. The fraction of sp³-hybridized carbons (Fsp3) is 0. The maximum atomic E-state index is 13.1. The van der Waals surface area contributed by atoms with Gasteiger partial charge in [-0.05, 0) is 36.4 Å². The van der Waals surface area contributed by atoms with Gasteiger partial charge in [0.2, 0.25) is 5.95 Å². The molecule has 0 bridgehead atoms. The zero-order valence-corrected chi connectivity index (χ0v) is 11.0. The van der Waals surface area contributed by atoms with Crippen molar-refractivity contribution in [2.75, 3.05) is 5.73 Å². The molecule has 0 amide bonds. The van der Waals surface area contributed by atoms with E-state index < -0.39 is 0 Å². The van der Waals surface area contributed by atoms with Gasteiger partial charge in [0.15, 0.2) is 0 Å². The van der Waals surface area contributed by atoms with Gasteiger partial charge in [-0.1, -0.05) is 11.6 Å². The molecule has 3 aromatic rings. The first kappa shape index (κ1) is 12.6. The van der Waals surface area contributed by atoms with Crippen LogP contribution in [0, 0.1) is 5.82 Å². The number of nitrogens with one attached hydrogen (secondary N) is 1. The van der Waals surface area contributed by atoms with Crippen LogP contribution in [0.15, 0.2) is 42.6 Å². The van der Waals surface area contributed by atoms with Crippen LogP contribution in [0.1, 0.15) is 0 Å². The van der Waals surface area contributed by atoms with Crippen molar-refractivity contribution in [3.8, 4) is 22.6 Å². The van der Waals surface area contributed by atoms with Gasteiger partial charge in [-0.2, -0.15) is 0 Å².